The highest BCUT2D eigenvalue weighted by molar-refractivity contribution is 6.27. The SMILES string of the molecule is COCC(=O)CCl. The summed E-state index contributed by atoms with van der Waals surface area (Å²) in [5.41, 5.74) is 0. The number of rotatable bonds is 3. The molecule has 3 heteroatoms. The van der Waals surface area contributed by atoms with E-state index in [2.05, 4.69) is 4.74 Å². The minimum absolute atomic E-state index is 0.0494. The number of hydrogen-bond acceptors (Lipinski definition) is 2. The maximum absolute atomic E-state index is 10.2. The van der Waals surface area contributed by atoms with Crippen LogP contribution < -0.4 is 0 Å². The Labute approximate surface area is 47.4 Å². The highest BCUT2D eigenvalue weighted by Crippen LogP contribution is 1.77. The van der Waals surface area contributed by atoms with Gasteiger partial charge < -0.3 is 4.74 Å². The van der Waals surface area contributed by atoms with Crippen LogP contribution in [-0.2, 0) is 9.53 Å². The van der Waals surface area contributed by atoms with Crippen molar-refractivity contribution < 1.29 is 9.53 Å². The molecule has 0 rings (SSSR count). The first-order chi connectivity index (χ1) is 3.31. The summed E-state index contributed by atoms with van der Waals surface area (Å²) < 4.78 is 4.46. The molecule has 0 saturated heterocycles. The van der Waals surface area contributed by atoms with E-state index in [1.807, 2.05) is 0 Å². The second-order valence-corrected chi connectivity index (χ2v) is 1.37. The molecule has 42 valence electrons. The molecule has 0 spiro atoms. The van der Waals surface area contributed by atoms with Gasteiger partial charge in [0.15, 0.2) is 5.78 Å². The highest BCUT2D eigenvalue weighted by atomic mass is 35.5. The van der Waals surface area contributed by atoms with E-state index in [0.29, 0.717) is 0 Å². The van der Waals surface area contributed by atoms with E-state index in [9.17, 15) is 4.79 Å². The number of alkyl halides is 1. The van der Waals surface area contributed by atoms with E-state index in [0.717, 1.165) is 0 Å². The number of methoxy groups -OCH3 is 1. The lowest BCUT2D eigenvalue weighted by Gasteiger charge is -1.88. The van der Waals surface area contributed by atoms with Crippen molar-refractivity contribution in [2.75, 3.05) is 19.6 Å². The lowest BCUT2D eigenvalue weighted by Crippen LogP contribution is -2.06. The Morgan fingerprint density at radius 3 is 2.57 bits per heavy atom. The van der Waals surface area contributed by atoms with Gasteiger partial charge in [-0.25, -0.2) is 0 Å². The van der Waals surface area contributed by atoms with Crippen LogP contribution in [0.1, 0.15) is 0 Å². The summed E-state index contributed by atoms with van der Waals surface area (Å²) >= 11 is 5.10. The molecule has 0 aromatic rings. The Morgan fingerprint density at radius 1 is 1.86 bits per heavy atom. The first-order valence-electron chi connectivity index (χ1n) is 1.88. The molecule has 0 aliphatic carbocycles. The van der Waals surface area contributed by atoms with Crippen molar-refractivity contribution >= 4 is 17.4 Å². The summed E-state index contributed by atoms with van der Waals surface area (Å²) in [5.74, 6) is -0.0300. The molecule has 0 aromatic heterocycles. The minimum Gasteiger partial charge on any atom is -0.377 e. The molecule has 0 aliphatic heterocycles. The predicted octanol–water partition coefficient (Wildman–Crippen LogP) is 0.441. The molecule has 0 radical (unpaired) electrons. The first-order valence-corrected chi connectivity index (χ1v) is 2.41. The summed E-state index contributed by atoms with van der Waals surface area (Å²) in [6.45, 7) is 0.128. The van der Waals surface area contributed by atoms with Crippen LogP contribution in [-0.4, -0.2) is 25.4 Å². The molecule has 0 bridgehead atoms. The molecule has 2 nitrogen and oxygen atoms in total. The van der Waals surface area contributed by atoms with Crippen LogP contribution >= 0.6 is 11.6 Å². The standard InChI is InChI=1S/C4H7ClO2/c1-7-3-4(6)2-5/h2-3H2,1H3. The fourth-order valence-electron chi connectivity index (χ4n) is 0.200. The third-order valence-electron chi connectivity index (χ3n) is 0.454. The second-order valence-electron chi connectivity index (χ2n) is 1.11. The molecule has 0 atom stereocenters. The highest BCUT2D eigenvalue weighted by Gasteiger charge is 1.93. The maximum Gasteiger partial charge on any atom is 0.173 e. The van der Waals surface area contributed by atoms with E-state index >= 15 is 0 Å². The van der Waals surface area contributed by atoms with Crippen molar-refractivity contribution in [2.45, 2.75) is 0 Å². The van der Waals surface area contributed by atoms with Gasteiger partial charge in [0.25, 0.3) is 0 Å². The van der Waals surface area contributed by atoms with E-state index in [4.69, 9.17) is 11.6 Å². The summed E-state index contributed by atoms with van der Waals surface area (Å²) in [6, 6.07) is 0. The molecule has 7 heavy (non-hydrogen) atoms. The smallest absolute Gasteiger partial charge is 0.173 e. The number of hydrogen-bond donors (Lipinski definition) is 0. The summed E-state index contributed by atoms with van der Waals surface area (Å²) in [6.07, 6.45) is 0. The van der Waals surface area contributed by atoms with Gasteiger partial charge in [0.1, 0.15) is 6.61 Å². The summed E-state index contributed by atoms with van der Waals surface area (Å²) in [4.78, 5) is 10.2. The zero-order valence-corrected chi connectivity index (χ0v) is 4.86. The topological polar surface area (TPSA) is 26.3 Å². The molecule has 0 aromatic carbocycles. The number of carbonyl (C=O) groups excluding carboxylic acids is 1. The Kier molecular flexibility index (Phi) is 4.04. The van der Waals surface area contributed by atoms with Crippen LogP contribution in [0.2, 0.25) is 0 Å². The van der Waals surface area contributed by atoms with E-state index in [1.165, 1.54) is 7.11 Å². The van der Waals surface area contributed by atoms with Crippen molar-refractivity contribution in [3.63, 3.8) is 0 Å². The van der Waals surface area contributed by atoms with Gasteiger partial charge in [-0.1, -0.05) is 0 Å². The fourth-order valence-corrected chi connectivity index (χ4v) is 0.277. The molecule has 0 heterocycles. The van der Waals surface area contributed by atoms with Gasteiger partial charge in [0.05, 0.1) is 5.88 Å². The molecule has 0 N–H and O–H groups in total. The lowest BCUT2D eigenvalue weighted by atomic mass is 10.5. The minimum atomic E-state index is -0.0795. The van der Waals surface area contributed by atoms with Crippen molar-refractivity contribution in [1.29, 1.82) is 0 Å². The quantitative estimate of drug-likeness (QED) is 0.508. The van der Waals surface area contributed by atoms with Crippen LogP contribution in [0.25, 0.3) is 0 Å². The van der Waals surface area contributed by atoms with Gasteiger partial charge >= 0.3 is 0 Å². The largest absolute Gasteiger partial charge is 0.377 e. The number of halogens is 1. The van der Waals surface area contributed by atoms with Crippen molar-refractivity contribution in [2.24, 2.45) is 0 Å². The third kappa shape index (κ3) is 3.76. The predicted molar refractivity (Wildman–Crippen MR) is 27.6 cm³/mol. The van der Waals surface area contributed by atoms with Crippen LogP contribution in [0.15, 0.2) is 0 Å². The van der Waals surface area contributed by atoms with Crippen LogP contribution in [0.3, 0.4) is 0 Å². The summed E-state index contributed by atoms with van der Waals surface area (Å²) in [7, 11) is 1.46. The fraction of sp³-hybridized carbons (Fsp3) is 0.750. The number of ether oxygens (including phenoxy) is 1. The van der Waals surface area contributed by atoms with Gasteiger partial charge in [-0.05, 0) is 0 Å². The van der Waals surface area contributed by atoms with E-state index in [-0.39, 0.29) is 18.3 Å². The van der Waals surface area contributed by atoms with Gasteiger partial charge in [-0.2, -0.15) is 0 Å². The first kappa shape index (κ1) is 6.92. The third-order valence-corrected chi connectivity index (χ3v) is 0.752. The Hall–Kier alpha value is -0.0800. The Bertz CT molecular complexity index is 62.7. The Morgan fingerprint density at radius 2 is 2.43 bits per heavy atom. The van der Waals surface area contributed by atoms with Crippen molar-refractivity contribution in [3.05, 3.63) is 0 Å². The molecule has 0 amide bonds. The van der Waals surface area contributed by atoms with E-state index in [1.54, 1.807) is 0 Å². The number of carbonyl (C=O) groups is 1. The second kappa shape index (κ2) is 4.09. The Balaban J connectivity index is 3.00. The summed E-state index contributed by atoms with van der Waals surface area (Å²) in [5, 5.41) is 0. The molecule has 0 aliphatic rings. The van der Waals surface area contributed by atoms with Crippen molar-refractivity contribution in [1.82, 2.24) is 0 Å². The molecular formula is C4H7ClO2. The van der Waals surface area contributed by atoms with Gasteiger partial charge in [0, 0.05) is 7.11 Å². The average molecular weight is 123 g/mol. The maximum atomic E-state index is 10.2. The number of ketones is 1. The van der Waals surface area contributed by atoms with E-state index < -0.39 is 0 Å². The van der Waals surface area contributed by atoms with Crippen molar-refractivity contribution in [3.8, 4) is 0 Å². The normalized spacial score (nSPS) is 8.86. The lowest BCUT2D eigenvalue weighted by molar-refractivity contribution is -0.120. The molecule has 0 saturated carbocycles. The zero-order chi connectivity index (χ0) is 5.70. The number of Topliss-reactive ketones (excluding diaryl/α,β-unsaturated/α-hetero) is 1. The molecule has 0 fully saturated rings. The average Bonchev–Trinajstić information content (AvgIpc) is 1.68. The van der Waals surface area contributed by atoms with Crippen LogP contribution in [0, 0.1) is 0 Å². The van der Waals surface area contributed by atoms with Crippen LogP contribution in [0.4, 0.5) is 0 Å². The van der Waals surface area contributed by atoms with Gasteiger partial charge in [0.2, 0.25) is 0 Å². The molecule has 0 unspecified atom stereocenters. The van der Waals surface area contributed by atoms with Gasteiger partial charge in [-0.3, -0.25) is 4.79 Å². The molecular weight excluding hydrogens is 115 g/mol. The monoisotopic (exact) mass is 122 g/mol. The van der Waals surface area contributed by atoms with Gasteiger partial charge in [-0.15, -0.1) is 11.6 Å². The zero-order valence-electron chi connectivity index (χ0n) is 4.11. The van der Waals surface area contributed by atoms with Crippen LogP contribution in [0.5, 0.6) is 0 Å².